The fraction of sp³-hybridized carbons (Fsp3) is 0.429. The van der Waals surface area contributed by atoms with Crippen LogP contribution in [0.1, 0.15) is 35.3 Å². The number of sulfone groups is 1. The van der Waals surface area contributed by atoms with Gasteiger partial charge in [0, 0.05) is 11.3 Å². The summed E-state index contributed by atoms with van der Waals surface area (Å²) in [5, 5.41) is 4.66. The summed E-state index contributed by atoms with van der Waals surface area (Å²) in [6, 6.07) is 9.90. The monoisotopic (exact) mass is 415 g/mol. The van der Waals surface area contributed by atoms with Gasteiger partial charge in [-0.25, -0.2) is 13.4 Å². The maximum atomic E-state index is 11.8. The number of benzene rings is 1. The van der Waals surface area contributed by atoms with Gasteiger partial charge in [0.25, 0.3) is 5.89 Å². The Morgan fingerprint density at radius 2 is 1.97 bits per heavy atom. The SMILES string of the molecule is Cc1nn([C@H]2CCS(=O)(=O)C2)c(C)c1C[NH+](C)Cc1ncc(-c2ccccc2)o1. The van der Waals surface area contributed by atoms with E-state index in [0.29, 0.717) is 18.9 Å². The van der Waals surface area contributed by atoms with Gasteiger partial charge in [0.05, 0.1) is 42.0 Å². The number of aryl methyl sites for hydroxylation is 1. The number of nitrogens with one attached hydrogen (secondary N) is 1. The van der Waals surface area contributed by atoms with E-state index in [1.165, 1.54) is 10.5 Å². The predicted molar refractivity (Wildman–Crippen MR) is 110 cm³/mol. The van der Waals surface area contributed by atoms with E-state index in [4.69, 9.17) is 4.42 Å². The van der Waals surface area contributed by atoms with Gasteiger partial charge in [-0.3, -0.25) is 4.68 Å². The minimum atomic E-state index is -2.94. The van der Waals surface area contributed by atoms with Crippen LogP contribution < -0.4 is 4.90 Å². The number of hydrogen-bond donors (Lipinski definition) is 1. The summed E-state index contributed by atoms with van der Waals surface area (Å²) in [6.45, 7) is 5.47. The Morgan fingerprint density at radius 3 is 2.66 bits per heavy atom. The molecule has 1 fully saturated rings. The minimum Gasteiger partial charge on any atom is -0.435 e. The predicted octanol–water partition coefficient (Wildman–Crippen LogP) is 1.73. The molecule has 29 heavy (non-hydrogen) atoms. The maximum Gasteiger partial charge on any atom is 0.250 e. The van der Waals surface area contributed by atoms with Gasteiger partial charge in [0.1, 0.15) is 6.54 Å². The molecule has 8 heteroatoms. The van der Waals surface area contributed by atoms with Crippen molar-refractivity contribution in [2.45, 2.75) is 39.4 Å². The van der Waals surface area contributed by atoms with Crippen LogP contribution in [-0.2, 0) is 22.9 Å². The Hall–Kier alpha value is -2.45. The lowest BCUT2D eigenvalue weighted by atomic mass is 10.1. The van der Waals surface area contributed by atoms with E-state index in [1.54, 1.807) is 6.20 Å². The molecular weight excluding hydrogens is 388 g/mol. The average Bonchev–Trinajstić information content (AvgIpc) is 3.36. The lowest BCUT2D eigenvalue weighted by Crippen LogP contribution is -3.06. The van der Waals surface area contributed by atoms with Crippen LogP contribution >= 0.6 is 0 Å². The highest BCUT2D eigenvalue weighted by atomic mass is 32.2. The van der Waals surface area contributed by atoms with Gasteiger partial charge < -0.3 is 9.32 Å². The van der Waals surface area contributed by atoms with Crippen molar-refractivity contribution in [2.24, 2.45) is 0 Å². The molecule has 2 aromatic heterocycles. The van der Waals surface area contributed by atoms with E-state index in [2.05, 4.69) is 17.1 Å². The molecule has 1 aliphatic heterocycles. The molecule has 1 aromatic carbocycles. The zero-order valence-electron chi connectivity index (χ0n) is 17.1. The molecule has 0 bridgehead atoms. The first-order valence-corrected chi connectivity index (χ1v) is 11.7. The second-order valence-corrected chi connectivity index (χ2v) is 10.2. The number of aromatic nitrogens is 3. The van der Waals surface area contributed by atoms with Crippen LogP contribution in [0.4, 0.5) is 0 Å². The Morgan fingerprint density at radius 1 is 1.21 bits per heavy atom. The van der Waals surface area contributed by atoms with Gasteiger partial charge in [0.2, 0.25) is 0 Å². The van der Waals surface area contributed by atoms with Gasteiger partial charge in [0.15, 0.2) is 22.1 Å². The molecule has 0 amide bonds. The molecule has 0 spiro atoms. The largest absolute Gasteiger partial charge is 0.435 e. The normalized spacial score (nSPS) is 19.5. The fourth-order valence-corrected chi connectivity index (χ4v) is 5.72. The zero-order valence-corrected chi connectivity index (χ0v) is 17.9. The van der Waals surface area contributed by atoms with Crippen LogP contribution in [0.25, 0.3) is 11.3 Å². The number of oxazole rings is 1. The molecule has 0 aliphatic carbocycles. The Balaban J connectivity index is 1.45. The van der Waals surface area contributed by atoms with Crippen molar-refractivity contribution in [3.63, 3.8) is 0 Å². The van der Waals surface area contributed by atoms with Crippen molar-refractivity contribution in [3.8, 4) is 11.3 Å². The van der Waals surface area contributed by atoms with Gasteiger partial charge in [-0.05, 0) is 20.3 Å². The summed E-state index contributed by atoms with van der Waals surface area (Å²) in [5.74, 6) is 1.92. The van der Waals surface area contributed by atoms with Gasteiger partial charge in [-0.2, -0.15) is 5.10 Å². The third kappa shape index (κ3) is 4.28. The molecule has 154 valence electrons. The summed E-state index contributed by atoms with van der Waals surface area (Å²) in [6.07, 6.45) is 2.41. The third-order valence-electron chi connectivity index (χ3n) is 5.57. The highest BCUT2D eigenvalue weighted by Crippen LogP contribution is 2.26. The van der Waals surface area contributed by atoms with Crippen molar-refractivity contribution in [3.05, 3.63) is 59.4 Å². The van der Waals surface area contributed by atoms with Crippen molar-refractivity contribution < 1.29 is 17.7 Å². The van der Waals surface area contributed by atoms with E-state index in [0.717, 1.165) is 29.3 Å². The van der Waals surface area contributed by atoms with Crippen molar-refractivity contribution >= 4 is 9.84 Å². The summed E-state index contributed by atoms with van der Waals surface area (Å²) in [5.41, 5.74) is 4.20. The number of hydrogen-bond acceptors (Lipinski definition) is 5. The molecule has 3 heterocycles. The van der Waals surface area contributed by atoms with E-state index < -0.39 is 9.84 Å². The van der Waals surface area contributed by atoms with Crippen molar-refractivity contribution in [1.82, 2.24) is 14.8 Å². The Kier molecular flexibility index (Phi) is 5.31. The zero-order chi connectivity index (χ0) is 20.6. The molecule has 1 N–H and O–H groups in total. The lowest BCUT2D eigenvalue weighted by Gasteiger charge is -2.14. The quantitative estimate of drug-likeness (QED) is 0.663. The highest BCUT2D eigenvalue weighted by Gasteiger charge is 2.31. The summed E-state index contributed by atoms with van der Waals surface area (Å²) >= 11 is 0. The van der Waals surface area contributed by atoms with Crippen LogP contribution in [0.15, 0.2) is 40.9 Å². The smallest absolute Gasteiger partial charge is 0.250 e. The third-order valence-corrected chi connectivity index (χ3v) is 7.32. The lowest BCUT2D eigenvalue weighted by molar-refractivity contribution is -0.909. The Labute approximate surface area is 171 Å². The standard InChI is InChI=1S/C21H26N4O3S/c1-15-19(16(2)25(23-15)18-9-10-29(26,27)14-18)12-24(3)13-21-22-11-20(28-21)17-7-5-4-6-8-17/h4-8,11,18H,9-10,12-14H2,1-3H3/p+1/t18-/m0/s1. The van der Waals surface area contributed by atoms with Crippen LogP contribution in [0, 0.1) is 13.8 Å². The molecule has 0 radical (unpaired) electrons. The van der Waals surface area contributed by atoms with E-state index in [1.807, 2.05) is 48.9 Å². The topological polar surface area (TPSA) is 82.4 Å². The first-order valence-electron chi connectivity index (χ1n) is 9.89. The van der Waals surface area contributed by atoms with Crippen LogP contribution in [0.2, 0.25) is 0 Å². The fourth-order valence-electron chi connectivity index (χ4n) is 4.03. The van der Waals surface area contributed by atoms with E-state index >= 15 is 0 Å². The average molecular weight is 416 g/mol. The van der Waals surface area contributed by atoms with Crippen molar-refractivity contribution in [1.29, 1.82) is 0 Å². The van der Waals surface area contributed by atoms with Gasteiger partial charge in [-0.15, -0.1) is 0 Å². The van der Waals surface area contributed by atoms with E-state index in [9.17, 15) is 8.42 Å². The molecule has 1 unspecified atom stereocenters. The number of quaternary nitrogens is 1. The molecule has 7 nitrogen and oxygen atoms in total. The summed E-state index contributed by atoms with van der Waals surface area (Å²) < 4.78 is 31.5. The molecule has 0 saturated carbocycles. The molecule has 3 aromatic rings. The number of rotatable bonds is 6. The summed E-state index contributed by atoms with van der Waals surface area (Å²) in [7, 11) is -0.835. The second kappa shape index (κ2) is 7.76. The molecule has 1 saturated heterocycles. The molecule has 2 atom stereocenters. The highest BCUT2D eigenvalue weighted by molar-refractivity contribution is 7.91. The van der Waals surface area contributed by atoms with Gasteiger partial charge in [-0.1, -0.05) is 30.3 Å². The molecular formula is C21H27N4O3S+. The molecule has 4 rings (SSSR count). The minimum absolute atomic E-state index is 0.0482. The van der Waals surface area contributed by atoms with Crippen LogP contribution in [0.5, 0.6) is 0 Å². The maximum absolute atomic E-state index is 11.8. The summed E-state index contributed by atoms with van der Waals surface area (Å²) in [4.78, 5) is 5.66. The Bertz CT molecular complexity index is 1100. The van der Waals surface area contributed by atoms with Crippen LogP contribution in [-0.4, -0.2) is 41.7 Å². The number of nitrogens with zero attached hydrogens (tertiary/aromatic N) is 3. The first kappa shape index (κ1) is 19.8. The first-order chi connectivity index (χ1) is 13.8. The van der Waals surface area contributed by atoms with Crippen molar-refractivity contribution in [2.75, 3.05) is 18.6 Å². The van der Waals surface area contributed by atoms with Gasteiger partial charge >= 0.3 is 0 Å². The van der Waals surface area contributed by atoms with Crippen LogP contribution in [0.3, 0.4) is 0 Å². The molecule has 1 aliphatic rings. The van der Waals surface area contributed by atoms with E-state index in [-0.39, 0.29) is 17.5 Å². The second-order valence-electron chi connectivity index (χ2n) is 7.95.